The molecular weight excluding hydrogens is 427 g/mol. The molecule has 0 saturated carbocycles. The molecular formula is C23H23NaO8. The fourth-order valence-corrected chi connectivity index (χ4v) is 2.99. The number of fused-ring (bicyclic) bond motifs is 1. The Morgan fingerprint density at radius 3 is 2.16 bits per heavy atom. The van der Waals surface area contributed by atoms with Gasteiger partial charge in [0, 0.05) is 18.2 Å². The van der Waals surface area contributed by atoms with Gasteiger partial charge >= 0.3 is 35.5 Å². The number of carboxylic acids is 1. The number of hydrogen-bond donors (Lipinski definition) is 2. The van der Waals surface area contributed by atoms with E-state index in [0.29, 0.717) is 24.7 Å². The second-order valence-corrected chi connectivity index (χ2v) is 6.93. The number of rotatable bonds is 10. The number of phenols is 1. The minimum atomic E-state index is -1.31. The molecule has 0 spiro atoms. The van der Waals surface area contributed by atoms with Crippen molar-refractivity contribution in [2.75, 3.05) is 13.2 Å². The molecule has 0 aliphatic rings. The summed E-state index contributed by atoms with van der Waals surface area (Å²) >= 11 is 0. The summed E-state index contributed by atoms with van der Waals surface area (Å²) in [6.45, 7) is 2.28. The summed E-state index contributed by atoms with van der Waals surface area (Å²) in [6.07, 6.45) is 2.37. The number of Topliss-reactive ketones (excluding diaryl/α,β-unsaturated/α-hetero) is 1. The molecule has 3 rings (SSSR count). The molecule has 2 aromatic carbocycles. The summed E-state index contributed by atoms with van der Waals surface area (Å²) in [5.74, 6) is -1.05. The monoisotopic (exact) mass is 450 g/mol. The molecule has 32 heavy (non-hydrogen) atoms. The van der Waals surface area contributed by atoms with Crippen LogP contribution in [0.15, 0.2) is 51.7 Å². The molecule has 0 saturated heterocycles. The van der Waals surface area contributed by atoms with E-state index in [0.717, 1.165) is 25.3 Å². The van der Waals surface area contributed by atoms with Crippen molar-refractivity contribution in [2.24, 2.45) is 0 Å². The average molecular weight is 450 g/mol. The number of ether oxygens (including phenoxy) is 2. The van der Waals surface area contributed by atoms with Crippen LogP contribution in [-0.4, -0.2) is 64.7 Å². The van der Waals surface area contributed by atoms with Gasteiger partial charge in [0.25, 0.3) is 0 Å². The number of benzene rings is 2. The van der Waals surface area contributed by atoms with Gasteiger partial charge in [-0.15, -0.1) is 0 Å². The Hall–Kier alpha value is -2.81. The number of ketones is 1. The third-order valence-electron chi connectivity index (χ3n) is 4.59. The van der Waals surface area contributed by atoms with Gasteiger partial charge in [-0.3, -0.25) is 9.59 Å². The summed E-state index contributed by atoms with van der Waals surface area (Å²) in [7, 11) is 0. The van der Waals surface area contributed by atoms with E-state index in [4.69, 9.17) is 19.0 Å². The van der Waals surface area contributed by atoms with Crippen LogP contribution in [0.5, 0.6) is 17.2 Å². The maximum absolute atomic E-state index is 11.9. The topological polar surface area (TPSA) is 123 Å². The molecule has 3 aromatic rings. The van der Waals surface area contributed by atoms with Crippen molar-refractivity contribution in [3.63, 3.8) is 0 Å². The van der Waals surface area contributed by atoms with E-state index >= 15 is 0 Å². The number of phenolic OH excluding ortho intramolecular Hbond substituents is 1. The first-order valence-corrected chi connectivity index (χ1v) is 9.76. The average Bonchev–Trinajstić information content (AvgIpc) is 2.72. The molecule has 0 atom stereocenters. The zero-order valence-electron chi connectivity index (χ0n) is 16.9. The Labute approximate surface area is 206 Å². The fraction of sp³-hybridized carbons (Fsp3) is 0.261. The standard InChI is InChI=1S/C23H22O8.Na.H/c1-14(24)17-7-5-15(11-19(17)25)29-9-3-2-4-10-30-16-6-8-18-20(26)13-22(23(27)28)31-21(18)12-16;;/h5-8,11-13,25H,2-4,9-10H2,1H3,(H,27,28);;. The molecule has 1 heterocycles. The van der Waals surface area contributed by atoms with E-state index in [-0.39, 0.29) is 57.6 Å². The van der Waals surface area contributed by atoms with Gasteiger partial charge in [0.1, 0.15) is 22.8 Å². The van der Waals surface area contributed by atoms with Gasteiger partial charge in [-0.25, -0.2) is 4.79 Å². The summed E-state index contributed by atoms with van der Waals surface area (Å²) in [6, 6.07) is 10.2. The SMILES string of the molecule is CC(=O)c1ccc(OCCCCCOc2ccc3c(=O)cc(C(=O)O)oc3c2)cc1O.[NaH]. The van der Waals surface area contributed by atoms with Crippen LogP contribution in [0.2, 0.25) is 0 Å². The molecule has 164 valence electrons. The van der Waals surface area contributed by atoms with Crippen molar-refractivity contribution >= 4 is 52.3 Å². The Kier molecular flexibility index (Phi) is 9.31. The first-order chi connectivity index (χ1) is 14.8. The number of aromatic hydroxyl groups is 1. The normalized spacial score (nSPS) is 10.4. The van der Waals surface area contributed by atoms with Crippen molar-refractivity contribution in [1.29, 1.82) is 0 Å². The van der Waals surface area contributed by atoms with Crippen LogP contribution >= 0.6 is 0 Å². The molecule has 2 N–H and O–H groups in total. The quantitative estimate of drug-likeness (QED) is 0.274. The van der Waals surface area contributed by atoms with Crippen molar-refractivity contribution in [2.45, 2.75) is 26.2 Å². The molecule has 0 aliphatic heterocycles. The summed E-state index contributed by atoms with van der Waals surface area (Å²) in [5.41, 5.74) is 0.000875. The fourth-order valence-electron chi connectivity index (χ4n) is 2.99. The first-order valence-electron chi connectivity index (χ1n) is 9.76. The van der Waals surface area contributed by atoms with E-state index in [1.807, 2.05) is 0 Å². The third kappa shape index (κ3) is 6.59. The number of aromatic carboxylic acids is 1. The number of unbranched alkanes of at least 4 members (excludes halogenated alkanes) is 2. The van der Waals surface area contributed by atoms with Crippen molar-refractivity contribution in [3.8, 4) is 17.2 Å². The van der Waals surface area contributed by atoms with Gasteiger partial charge in [0.05, 0.1) is 24.2 Å². The van der Waals surface area contributed by atoms with Crippen LogP contribution in [0.25, 0.3) is 11.0 Å². The maximum atomic E-state index is 11.9. The first kappa shape index (κ1) is 25.5. The van der Waals surface area contributed by atoms with Crippen LogP contribution in [0.3, 0.4) is 0 Å². The van der Waals surface area contributed by atoms with E-state index < -0.39 is 17.2 Å². The Bertz CT molecular complexity index is 1170. The van der Waals surface area contributed by atoms with Crippen molar-refractivity contribution in [3.05, 3.63) is 64.0 Å². The second-order valence-electron chi connectivity index (χ2n) is 6.93. The van der Waals surface area contributed by atoms with E-state index in [1.165, 1.54) is 25.1 Å². The zero-order chi connectivity index (χ0) is 22.4. The van der Waals surface area contributed by atoms with Gasteiger partial charge < -0.3 is 24.1 Å². The molecule has 8 nitrogen and oxygen atoms in total. The predicted octanol–water partition coefficient (Wildman–Crippen LogP) is 3.38. The molecule has 0 amide bonds. The summed E-state index contributed by atoms with van der Waals surface area (Å²) in [4.78, 5) is 34.3. The zero-order valence-corrected chi connectivity index (χ0v) is 16.9. The van der Waals surface area contributed by atoms with Gasteiger partial charge in [0.15, 0.2) is 11.2 Å². The molecule has 0 unspecified atom stereocenters. The Morgan fingerprint density at radius 1 is 0.938 bits per heavy atom. The van der Waals surface area contributed by atoms with E-state index in [1.54, 1.807) is 18.2 Å². The molecule has 9 heteroatoms. The van der Waals surface area contributed by atoms with Crippen molar-refractivity contribution < 1.29 is 33.7 Å². The molecule has 0 bridgehead atoms. The van der Waals surface area contributed by atoms with Gasteiger partial charge in [-0.05, 0) is 50.5 Å². The molecule has 0 fully saturated rings. The molecule has 0 aliphatic carbocycles. The number of carbonyl (C=O) groups is 2. The summed E-state index contributed by atoms with van der Waals surface area (Å²) < 4.78 is 16.5. The van der Waals surface area contributed by atoms with Crippen LogP contribution in [-0.2, 0) is 0 Å². The number of carboxylic acid groups (broad SMARTS) is 1. The molecule has 0 radical (unpaired) electrons. The Morgan fingerprint density at radius 2 is 1.56 bits per heavy atom. The van der Waals surface area contributed by atoms with Crippen LogP contribution < -0.4 is 14.9 Å². The van der Waals surface area contributed by atoms with Crippen molar-refractivity contribution in [1.82, 2.24) is 0 Å². The summed E-state index contributed by atoms with van der Waals surface area (Å²) in [5, 5.41) is 19.1. The van der Waals surface area contributed by atoms with Crippen LogP contribution in [0.1, 0.15) is 47.1 Å². The van der Waals surface area contributed by atoms with E-state index in [9.17, 15) is 19.5 Å². The third-order valence-corrected chi connectivity index (χ3v) is 4.59. The molecule has 1 aromatic heterocycles. The van der Waals surface area contributed by atoms with Crippen LogP contribution in [0.4, 0.5) is 0 Å². The van der Waals surface area contributed by atoms with Crippen LogP contribution in [0, 0.1) is 0 Å². The van der Waals surface area contributed by atoms with Gasteiger partial charge in [-0.2, -0.15) is 0 Å². The van der Waals surface area contributed by atoms with Gasteiger partial charge in [0.2, 0.25) is 5.76 Å². The number of carbonyl (C=O) groups excluding carboxylic acids is 1. The Balaban J connectivity index is 0.00000363. The number of hydrogen-bond acceptors (Lipinski definition) is 7. The second kappa shape index (κ2) is 11.7. The predicted molar refractivity (Wildman–Crippen MR) is 120 cm³/mol. The van der Waals surface area contributed by atoms with E-state index in [2.05, 4.69) is 0 Å². The minimum absolute atomic E-state index is 0. The van der Waals surface area contributed by atoms with Gasteiger partial charge in [-0.1, -0.05) is 0 Å².